The smallest absolute Gasteiger partial charge is 0.126 e. The van der Waals surface area contributed by atoms with E-state index >= 15 is 0 Å². The quantitative estimate of drug-likeness (QED) is 0.824. The molecule has 0 atom stereocenters. The molecule has 21 heavy (non-hydrogen) atoms. The first-order chi connectivity index (χ1) is 10.1. The molecule has 0 N–H and O–H groups in total. The van der Waals surface area contributed by atoms with Gasteiger partial charge in [-0.2, -0.15) is 5.26 Å². The SMILES string of the molecule is Cc1ccc(N(CCC#N)Cc2cc(F)cc(F)c2)cc1. The normalized spacial score (nSPS) is 10.2. The van der Waals surface area contributed by atoms with Gasteiger partial charge in [-0.05, 0) is 36.8 Å². The Morgan fingerprint density at radius 3 is 2.24 bits per heavy atom. The third kappa shape index (κ3) is 4.28. The lowest BCUT2D eigenvalue weighted by atomic mass is 10.1. The molecule has 0 aliphatic carbocycles. The van der Waals surface area contributed by atoms with Crippen LogP contribution in [0.5, 0.6) is 0 Å². The number of nitriles is 1. The number of halogens is 2. The van der Waals surface area contributed by atoms with Crippen molar-refractivity contribution in [2.45, 2.75) is 19.9 Å². The first-order valence-corrected chi connectivity index (χ1v) is 6.72. The van der Waals surface area contributed by atoms with Gasteiger partial charge in [0.1, 0.15) is 11.6 Å². The predicted molar refractivity (Wildman–Crippen MR) is 78.8 cm³/mol. The van der Waals surface area contributed by atoms with Crippen LogP contribution in [-0.4, -0.2) is 6.54 Å². The fraction of sp³-hybridized carbons (Fsp3) is 0.235. The summed E-state index contributed by atoms with van der Waals surface area (Å²) in [5.41, 5.74) is 2.61. The van der Waals surface area contributed by atoms with E-state index < -0.39 is 11.6 Å². The van der Waals surface area contributed by atoms with Crippen LogP contribution >= 0.6 is 0 Å². The van der Waals surface area contributed by atoms with Crippen LogP contribution in [0.4, 0.5) is 14.5 Å². The molecule has 2 aromatic rings. The minimum atomic E-state index is -0.589. The number of rotatable bonds is 5. The molecule has 2 nitrogen and oxygen atoms in total. The molecule has 0 radical (unpaired) electrons. The maximum absolute atomic E-state index is 13.3. The molecule has 4 heteroatoms. The Morgan fingerprint density at radius 1 is 1.05 bits per heavy atom. The van der Waals surface area contributed by atoms with Crippen LogP contribution in [0.1, 0.15) is 17.5 Å². The Hall–Kier alpha value is -2.41. The van der Waals surface area contributed by atoms with E-state index in [0.29, 0.717) is 25.1 Å². The van der Waals surface area contributed by atoms with Gasteiger partial charge in [0, 0.05) is 24.8 Å². The highest BCUT2D eigenvalue weighted by Crippen LogP contribution is 2.19. The van der Waals surface area contributed by atoms with E-state index in [2.05, 4.69) is 6.07 Å². The van der Waals surface area contributed by atoms with E-state index in [1.54, 1.807) is 0 Å². The lowest BCUT2D eigenvalue weighted by molar-refractivity contribution is 0.578. The van der Waals surface area contributed by atoms with Crippen molar-refractivity contribution in [1.82, 2.24) is 0 Å². The van der Waals surface area contributed by atoms with Gasteiger partial charge in [-0.1, -0.05) is 17.7 Å². The summed E-state index contributed by atoms with van der Waals surface area (Å²) >= 11 is 0. The molecule has 0 saturated heterocycles. The van der Waals surface area contributed by atoms with Crippen LogP contribution in [0.25, 0.3) is 0 Å². The van der Waals surface area contributed by atoms with Crippen molar-refractivity contribution in [1.29, 1.82) is 5.26 Å². The van der Waals surface area contributed by atoms with Gasteiger partial charge >= 0.3 is 0 Å². The van der Waals surface area contributed by atoms with Crippen LogP contribution in [-0.2, 0) is 6.54 Å². The van der Waals surface area contributed by atoms with Gasteiger partial charge in [-0.15, -0.1) is 0 Å². The lowest BCUT2D eigenvalue weighted by Gasteiger charge is -2.24. The van der Waals surface area contributed by atoms with Crippen molar-refractivity contribution < 1.29 is 8.78 Å². The van der Waals surface area contributed by atoms with E-state index in [1.165, 1.54) is 12.1 Å². The summed E-state index contributed by atoms with van der Waals surface area (Å²) < 4.78 is 26.5. The molecule has 0 amide bonds. The number of anilines is 1. The molecular weight excluding hydrogens is 270 g/mol. The maximum Gasteiger partial charge on any atom is 0.126 e. The average Bonchev–Trinajstić information content (AvgIpc) is 2.43. The number of hydrogen-bond donors (Lipinski definition) is 0. The average molecular weight is 286 g/mol. The molecule has 0 aromatic heterocycles. The molecule has 0 spiro atoms. The Bertz CT molecular complexity index is 625. The number of hydrogen-bond acceptors (Lipinski definition) is 2. The minimum Gasteiger partial charge on any atom is -0.366 e. The second-order valence-corrected chi connectivity index (χ2v) is 4.94. The summed E-state index contributed by atoms with van der Waals surface area (Å²) in [6.45, 7) is 2.86. The summed E-state index contributed by atoms with van der Waals surface area (Å²) in [6.07, 6.45) is 0.353. The van der Waals surface area contributed by atoms with Crippen molar-refractivity contribution in [3.05, 3.63) is 65.2 Å². The zero-order valence-electron chi connectivity index (χ0n) is 11.8. The summed E-state index contributed by atoms with van der Waals surface area (Å²) in [6, 6.07) is 13.4. The number of benzene rings is 2. The minimum absolute atomic E-state index is 0.353. The Kier molecular flexibility index (Phi) is 4.89. The van der Waals surface area contributed by atoms with Gasteiger partial charge in [0.2, 0.25) is 0 Å². The zero-order chi connectivity index (χ0) is 15.2. The van der Waals surface area contributed by atoms with Crippen molar-refractivity contribution in [3.8, 4) is 6.07 Å². The summed E-state index contributed by atoms with van der Waals surface area (Å²) in [5.74, 6) is -1.18. The Morgan fingerprint density at radius 2 is 1.67 bits per heavy atom. The maximum atomic E-state index is 13.3. The molecule has 0 unspecified atom stereocenters. The highest BCUT2D eigenvalue weighted by Gasteiger charge is 2.09. The summed E-state index contributed by atoms with van der Waals surface area (Å²) in [4.78, 5) is 1.94. The van der Waals surface area contributed by atoms with E-state index in [0.717, 1.165) is 17.3 Å². The predicted octanol–water partition coefficient (Wildman–Crippen LogP) is 4.19. The highest BCUT2D eigenvalue weighted by atomic mass is 19.1. The van der Waals surface area contributed by atoms with Crippen LogP contribution in [0.15, 0.2) is 42.5 Å². The molecule has 108 valence electrons. The molecule has 0 bridgehead atoms. The standard InChI is InChI=1S/C17H16F2N2/c1-13-3-5-17(6-4-13)21(8-2-7-20)12-14-9-15(18)11-16(19)10-14/h3-6,9-11H,2,8,12H2,1H3. The molecule has 0 heterocycles. The molecule has 0 aliphatic rings. The largest absolute Gasteiger partial charge is 0.366 e. The topological polar surface area (TPSA) is 27.0 Å². The molecule has 2 aromatic carbocycles. The third-order valence-corrected chi connectivity index (χ3v) is 3.19. The van der Waals surface area contributed by atoms with Gasteiger partial charge in [0.15, 0.2) is 0 Å². The molecule has 0 aliphatic heterocycles. The van der Waals surface area contributed by atoms with E-state index in [1.807, 2.05) is 36.1 Å². The van der Waals surface area contributed by atoms with Gasteiger partial charge in [-0.25, -0.2) is 8.78 Å². The van der Waals surface area contributed by atoms with E-state index in [4.69, 9.17) is 5.26 Å². The van der Waals surface area contributed by atoms with Crippen molar-refractivity contribution in [3.63, 3.8) is 0 Å². The first kappa shape index (κ1) is 15.0. The Balaban J connectivity index is 2.23. The van der Waals surface area contributed by atoms with Crippen LogP contribution in [0, 0.1) is 29.9 Å². The zero-order valence-corrected chi connectivity index (χ0v) is 11.8. The number of aryl methyl sites for hydroxylation is 1. The van der Waals surface area contributed by atoms with Gasteiger partial charge in [0.25, 0.3) is 0 Å². The summed E-state index contributed by atoms with van der Waals surface area (Å²) in [7, 11) is 0. The molecule has 2 rings (SSSR count). The fourth-order valence-electron chi connectivity index (χ4n) is 2.16. The van der Waals surface area contributed by atoms with Gasteiger partial charge in [-0.3, -0.25) is 0 Å². The highest BCUT2D eigenvalue weighted by molar-refractivity contribution is 5.48. The van der Waals surface area contributed by atoms with E-state index in [-0.39, 0.29) is 0 Å². The van der Waals surface area contributed by atoms with Gasteiger partial charge in [0.05, 0.1) is 12.5 Å². The fourth-order valence-corrected chi connectivity index (χ4v) is 2.16. The second kappa shape index (κ2) is 6.85. The first-order valence-electron chi connectivity index (χ1n) is 6.72. The number of nitrogens with zero attached hydrogens (tertiary/aromatic N) is 2. The van der Waals surface area contributed by atoms with Crippen LogP contribution in [0.2, 0.25) is 0 Å². The Labute approximate surface area is 123 Å². The molecule has 0 saturated carbocycles. The van der Waals surface area contributed by atoms with Crippen LogP contribution < -0.4 is 4.90 Å². The van der Waals surface area contributed by atoms with E-state index in [9.17, 15) is 8.78 Å². The van der Waals surface area contributed by atoms with Crippen LogP contribution in [0.3, 0.4) is 0 Å². The summed E-state index contributed by atoms with van der Waals surface area (Å²) in [5, 5.41) is 8.76. The monoisotopic (exact) mass is 286 g/mol. The van der Waals surface area contributed by atoms with Crippen molar-refractivity contribution in [2.24, 2.45) is 0 Å². The third-order valence-electron chi connectivity index (χ3n) is 3.19. The lowest BCUT2D eigenvalue weighted by Crippen LogP contribution is -2.23. The van der Waals surface area contributed by atoms with Gasteiger partial charge < -0.3 is 4.90 Å². The van der Waals surface area contributed by atoms with Crippen molar-refractivity contribution in [2.75, 3.05) is 11.4 Å². The second-order valence-electron chi connectivity index (χ2n) is 4.94. The molecular formula is C17H16F2N2. The van der Waals surface area contributed by atoms with Crippen molar-refractivity contribution >= 4 is 5.69 Å². The molecule has 0 fully saturated rings.